The zero-order chi connectivity index (χ0) is 29.2. The molecule has 2 heterocycles. The molecule has 1 aromatic heterocycles. The maximum atomic E-state index is 13.9. The van der Waals surface area contributed by atoms with Crippen LogP contribution < -0.4 is 9.46 Å². The summed E-state index contributed by atoms with van der Waals surface area (Å²) >= 11 is 0. The Bertz CT molecular complexity index is 1610. The minimum Gasteiger partial charge on any atom is -0.475 e. The molecule has 0 saturated heterocycles. The Morgan fingerprint density at radius 3 is 2.39 bits per heavy atom. The topological polar surface area (TPSA) is 101 Å². The molecular formula is C29H29F3N4O4S. The van der Waals surface area contributed by atoms with Gasteiger partial charge in [-0.05, 0) is 74.3 Å². The highest BCUT2D eigenvalue weighted by molar-refractivity contribution is 7.92. The summed E-state index contributed by atoms with van der Waals surface area (Å²) in [7, 11) is -4.26. The highest BCUT2D eigenvalue weighted by Crippen LogP contribution is 2.62. The van der Waals surface area contributed by atoms with E-state index in [1.165, 1.54) is 35.2 Å². The molecule has 1 amide bonds. The normalized spacial score (nSPS) is 21.5. The number of nitrogens with one attached hydrogen (secondary N) is 1. The van der Waals surface area contributed by atoms with Crippen molar-refractivity contribution in [2.45, 2.75) is 69.1 Å². The van der Waals surface area contributed by atoms with Gasteiger partial charge in [-0.2, -0.15) is 18.2 Å². The third-order valence-corrected chi connectivity index (χ3v) is 9.59. The number of benzene rings is 2. The van der Waals surface area contributed by atoms with E-state index in [1.54, 1.807) is 0 Å². The summed E-state index contributed by atoms with van der Waals surface area (Å²) in [6.45, 7) is 3.26. The molecule has 1 aliphatic heterocycles. The zero-order valence-corrected chi connectivity index (χ0v) is 23.3. The third kappa shape index (κ3) is 5.49. The molecule has 2 saturated carbocycles. The molecule has 1 unspecified atom stereocenters. The number of rotatable bonds is 3. The van der Waals surface area contributed by atoms with Gasteiger partial charge in [0.2, 0.25) is 11.8 Å². The Balaban J connectivity index is 1.49. The van der Waals surface area contributed by atoms with E-state index < -0.39 is 47.2 Å². The molecular weight excluding hydrogens is 557 g/mol. The Labute approximate surface area is 236 Å². The lowest BCUT2D eigenvalue weighted by atomic mass is 9.75. The summed E-state index contributed by atoms with van der Waals surface area (Å²) in [5.74, 6) is -1.06. The molecule has 41 heavy (non-hydrogen) atoms. The molecule has 8 nitrogen and oxygen atoms in total. The number of aromatic nitrogens is 2. The van der Waals surface area contributed by atoms with Gasteiger partial charge in [0.15, 0.2) is 0 Å². The number of amides is 1. The van der Waals surface area contributed by atoms with Crippen molar-refractivity contribution in [3.8, 4) is 17.1 Å². The monoisotopic (exact) mass is 586 g/mol. The first-order chi connectivity index (χ1) is 19.3. The minimum absolute atomic E-state index is 0.0140. The number of anilines is 1. The van der Waals surface area contributed by atoms with E-state index in [0.29, 0.717) is 18.5 Å². The first kappa shape index (κ1) is 27.5. The van der Waals surface area contributed by atoms with Crippen molar-refractivity contribution in [1.29, 1.82) is 0 Å². The van der Waals surface area contributed by atoms with Gasteiger partial charge in [-0.25, -0.2) is 18.1 Å². The van der Waals surface area contributed by atoms with Crippen molar-refractivity contribution in [1.82, 2.24) is 14.9 Å². The number of halogens is 3. The van der Waals surface area contributed by atoms with Crippen molar-refractivity contribution < 1.29 is 31.1 Å². The maximum absolute atomic E-state index is 13.9. The molecule has 1 atom stereocenters. The lowest BCUT2D eigenvalue weighted by Gasteiger charge is -2.47. The SMILES string of the molecule is Cc1cccc(C)c1-c1cc2nc(n1)NS(=O)(=O)c1cccc(c1)C(=O)N(C1CC3(CC3)C1)C(CC(F)(F)F)CO2. The number of ether oxygens (including phenoxy) is 1. The van der Waals surface area contributed by atoms with E-state index >= 15 is 0 Å². The number of sulfonamides is 1. The van der Waals surface area contributed by atoms with E-state index in [1.807, 2.05) is 32.0 Å². The zero-order valence-electron chi connectivity index (χ0n) is 22.5. The fraction of sp³-hybridized carbons (Fsp3) is 0.414. The third-order valence-electron chi connectivity index (χ3n) is 8.26. The molecule has 2 fully saturated rings. The van der Waals surface area contributed by atoms with Crippen molar-refractivity contribution in [3.63, 3.8) is 0 Å². The first-order valence-electron chi connectivity index (χ1n) is 13.4. The molecule has 12 heteroatoms. The molecule has 2 aliphatic carbocycles. The van der Waals surface area contributed by atoms with Crippen LogP contribution >= 0.6 is 0 Å². The Kier molecular flexibility index (Phi) is 6.51. The fourth-order valence-electron chi connectivity index (χ4n) is 6.05. The van der Waals surface area contributed by atoms with Crippen molar-refractivity contribution in [3.05, 3.63) is 65.2 Å². The highest BCUT2D eigenvalue weighted by atomic mass is 32.2. The Morgan fingerprint density at radius 1 is 1.05 bits per heavy atom. The van der Waals surface area contributed by atoms with Crippen LogP contribution in [0.1, 0.15) is 53.6 Å². The van der Waals surface area contributed by atoms with Crippen LogP contribution in [0, 0.1) is 19.3 Å². The Morgan fingerprint density at radius 2 is 1.73 bits per heavy atom. The average Bonchev–Trinajstić information content (AvgIpc) is 3.67. The van der Waals surface area contributed by atoms with Gasteiger partial charge in [0.05, 0.1) is 23.1 Å². The quantitative estimate of drug-likeness (QED) is 0.425. The molecule has 0 radical (unpaired) electrons. The predicted molar refractivity (Wildman–Crippen MR) is 145 cm³/mol. The van der Waals surface area contributed by atoms with Gasteiger partial charge in [-0.15, -0.1) is 0 Å². The van der Waals surface area contributed by atoms with E-state index in [-0.39, 0.29) is 27.7 Å². The van der Waals surface area contributed by atoms with Crippen molar-refractivity contribution in [2.24, 2.45) is 5.41 Å². The number of alkyl halides is 3. The standard InChI is InChI=1S/C29H29F3N4O4S/c1-17-5-3-6-18(2)25(17)23-12-24-34-27(33-23)35-41(38,39)22-8-4-7-19(11-22)26(37)36(20-13-28(14-20)9-10-28)21(16-40-24)15-29(30,31)32/h3-8,11-12,20-21H,9-10,13-16H2,1-2H3,(H,33,34,35). The summed E-state index contributed by atoms with van der Waals surface area (Å²) in [6.07, 6.45) is -2.64. The number of hydrogen-bond acceptors (Lipinski definition) is 6. The van der Waals surface area contributed by atoms with Gasteiger partial charge in [-0.1, -0.05) is 24.3 Å². The molecule has 6 rings (SSSR count). The second kappa shape index (κ2) is 9.71. The smallest absolute Gasteiger partial charge is 0.391 e. The summed E-state index contributed by atoms with van der Waals surface area (Å²) in [5.41, 5.74) is 2.88. The summed E-state index contributed by atoms with van der Waals surface area (Å²) in [5, 5.41) is 0. The maximum Gasteiger partial charge on any atom is 0.391 e. The largest absolute Gasteiger partial charge is 0.475 e. The summed E-state index contributed by atoms with van der Waals surface area (Å²) in [4.78, 5) is 23.5. The van der Waals surface area contributed by atoms with Crippen LogP contribution in [0.15, 0.2) is 53.4 Å². The molecule has 3 aliphatic rings. The van der Waals surface area contributed by atoms with Gasteiger partial charge in [0.1, 0.15) is 6.61 Å². The molecule has 1 N–H and O–H groups in total. The summed E-state index contributed by atoms with van der Waals surface area (Å²) in [6, 6.07) is 10.7. The van der Waals surface area contributed by atoms with Crippen LogP contribution in [0.25, 0.3) is 11.3 Å². The number of hydrogen-bond donors (Lipinski definition) is 1. The van der Waals surface area contributed by atoms with E-state index in [9.17, 15) is 26.4 Å². The molecule has 2 aromatic carbocycles. The molecule has 216 valence electrons. The van der Waals surface area contributed by atoms with Gasteiger partial charge in [0, 0.05) is 23.2 Å². The number of fused-ring (bicyclic) bond motifs is 4. The second-order valence-corrected chi connectivity index (χ2v) is 13.1. The molecule has 3 aromatic rings. The first-order valence-corrected chi connectivity index (χ1v) is 14.9. The lowest BCUT2D eigenvalue weighted by molar-refractivity contribution is -0.151. The predicted octanol–water partition coefficient (Wildman–Crippen LogP) is 5.66. The lowest BCUT2D eigenvalue weighted by Crippen LogP contribution is -2.56. The average molecular weight is 587 g/mol. The van der Waals surface area contributed by atoms with Gasteiger partial charge in [0.25, 0.3) is 15.9 Å². The van der Waals surface area contributed by atoms with Crippen molar-refractivity contribution >= 4 is 21.9 Å². The van der Waals surface area contributed by atoms with Gasteiger partial charge < -0.3 is 9.64 Å². The second-order valence-electron chi connectivity index (χ2n) is 11.4. The van der Waals surface area contributed by atoms with Crippen LogP contribution in [-0.4, -0.2) is 54.1 Å². The van der Waals surface area contributed by atoms with Gasteiger partial charge >= 0.3 is 6.18 Å². The number of nitrogens with zero attached hydrogens (tertiary/aromatic N) is 3. The van der Waals surface area contributed by atoms with E-state index in [0.717, 1.165) is 29.5 Å². The number of carbonyl (C=O) groups is 1. The summed E-state index contributed by atoms with van der Waals surface area (Å²) < 4.78 is 76.7. The molecule has 1 spiro atoms. The van der Waals surface area contributed by atoms with E-state index in [2.05, 4.69) is 14.7 Å². The Hall–Kier alpha value is -3.67. The van der Waals surface area contributed by atoms with Gasteiger partial charge in [-0.3, -0.25) is 4.79 Å². The van der Waals surface area contributed by atoms with Crippen LogP contribution in [-0.2, 0) is 10.0 Å². The number of carbonyl (C=O) groups excluding carboxylic acids is 1. The van der Waals surface area contributed by atoms with Crippen LogP contribution in [0.4, 0.5) is 19.1 Å². The fourth-order valence-corrected chi connectivity index (χ4v) is 7.04. The molecule has 4 bridgehead atoms. The van der Waals surface area contributed by atoms with Crippen LogP contribution in [0.2, 0.25) is 0 Å². The minimum atomic E-state index is -4.57. The van der Waals surface area contributed by atoms with Crippen LogP contribution in [0.3, 0.4) is 0 Å². The van der Waals surface area contributed by atoms with Crippen molar-refractivity contribution in [2.75, 3.05) is 11.3 Å². The van der Waals surface area contributed by atoms with E-state index in [4.69, 9.17) is 4.74 Å². The highest BCUT2D eigenvalue weighted by Gasteiger charge is 2.56. The van der Waals surface area contributed by atoms with Crippen LogP contribution in [0.5, 0.6) is 5.88 Å². The number of aryl methyl sites for hydroxylation is 2.